The molecule has 1 aliphatic rings. The van der Waals surface area contributed by atoms with Crippen LogP contribution in [0.4, 0.5) is 5.69 Å². The number of hydrogen-bond donors (Lipinski definition) is 2. The van der Waals surface area contributed by atoms with E-state index in [1.54, 1.807) is 0 Å². The average molecular weight is 273 g/mol. The van der Waals surface area contributed by atoms with Crippen LogP contribution < -0.4 is 5.32 Å². The maximum Gasteiger partial charge on any atom is 0.112 e. The van der Waals surface area contributed by atoms with E-state index >= 15 is 0 Å². The predicted molar refractivity (Wildman–Crippen MR) is 82.3 cm³/mol. The van der Waals surface area contributed by atoms with Crippen molar-refractivity contribution in [2.75, 3.05) is 18.5 Å². The van der Waals surface area contributed by atoms with Gasteiger partial charge < -0.3 is 15.0 Å². The number of aromatic amines is 1. The summed E-state index contributed by atoms with van der Waals surface area (Å²) in [7, 11) is 0. The number of hydrogen-bond acceptors (Lipinski definition) is 3. The highest BCUT2D eigenvalue weighted by Crippen LogP contribution is 2.25. The van der Waals surface area contributed by atoms with Crippen LogP contribution in [0.1, 0.15) is 39.4 Å². The van der Waals surface area contributed by atoms with Crippen LogP contribution in [-0.4, -0.2) is 29.2 Å². The first-order valence-electron chi connectivity index (χ1n) is 7.37. The van der Waals surface area contributed by atoms with E-state index in [0.29, 0.717) is 6.04 Å². The van der Waals surface area contributed by atoms with Crippen LogP contribution in [0, 0.1) is 0 Å². The van der Waals surface area contributed by atoms with Crippen molar-refractivity contribution < 1.29 is 4.74 Å². The van der Waals surface area contributed by atoms with E-state index in [-0.39, 0.29) is 5.41 Å². The third-order valence-electron chi connectivity index (χ3n) is 3.78. The van der Waals surface area contributed by atoms with Crippen LogP contribution in [-0.2, 0) is 10.2 Å². The van der Waals surface area contributed by atoms with E-state index < -0.39 is 0 Å². The van der Waals surface area contributed by atoms with E-state index in [4.69, 9.17) is 4.74 Å². The van der Waals surface area contributed by atoms with Gasteiger partial charge in [0.1, 0.15) is 5.82 Å². The number of aromatic nitrogens is 2. The number of benzene rings is 1. The molecule has 0 bridgehead atoms. The molecular formula is C16H23N3O. The molecule has 0 unspecified atom stereocenters. The zero-order chi connectivity index (χ0) is 14.2. The minimum atomic E-state index is 0.0489. The number of rotatable bonds is 2. The molecule has 1 aliphatic heterocycles. The Labute approximate surface area is 119 Å². The summed E-state index contributed by atoms with van der Waals surface area (Å²) in [5.74, 6) is 1.04. The number of ether oxygens (including phenoxy) is 1. The molecule has 20 heavy (non-hydrogen) atoms. The van der Waals surface area contributed by atoms with Crippen molar-refractivity contribution in [3.8, 4) is 0 Å². The highest BCUT2D eigenvalue weighted by Gasteiger charge is 2.18. The van der Waals surface area contributed by atoms with Crippen molar-refractivity contribution in [1.29, 1.82) is 0 Å². The summed E-state index contributed by atoms with van der Waals surface area (Å²) in [4.78, 5) is 8.11. The zero-order valence-electron chi connectivity index (χ0n) is 12.5. The van der Waals surface area contributed by atoms with E-state index in [1.807, 2.05) is 0 Å². The molecule has 0 amide bonds. The molecule has 1 aromatic heterocycles. The Morgan fingerprint density at radius 2 is 2.00 bits per heavy atom. The number of H-pyrrole nitrogens is 1. The van der Waals surface area contributed by atoms with Crippen LogP contribution >= 0.6 is 0 Å². The van der Waals surface area contributed by atoms with Gasteiger partial charge in [-0.3, -0.25) is 0 Å². The molecule has 0 radical (unpaired) electrons. The summed E-state index contributed by atoms with van der Waals surface area (Å²) in [6.07, 6.45) is 2.16. The molecular weight excluding hydrogens is 250 g/mol. The molecule has 2 N–H and O–H groups in total. The lowest BCUT2D eigenvalue weighted by molar-refractivity contribution is 0.0904. The lowest BCUT2D eigenvalue weighted by atomic mass is 9.96. The normalized spacial score (nSPS) is 17.6. The second-order valence-electron chi connectivity index (χ2n) is 6.60. The van der Waals surface area contributed by atoms with Gasteiger partial charge >= 0.3 is 0 Å². The third kappa shape index (κ3) is 2.80. The molecule has 0 atom stereocenters. The molecule has 0 saturated carbocycles. The van der Waals surface area contributed by atoms with E-state index in [0.717, 1.165) is 48.6 Å². The lowest BCUT2D eigenvalue weighted by Gasteiger charge is -2.24. The molecule has 1 saturated heterocycles. The second kappa shape index (κ2) is 5.09. The van der Waals surface area contributed by atoms with Gasteiger partial charge in [-0.2, -0.15) is 0 Å². The number of nitrogens with zero attached hydrogens (tertiary/aromatic N) is 1. The number of nitrogens with one attached hydrogen (secondary N) is 2. The maximum absolute atomic E-state index is 5.39. The predicted octanol–water partition coefficient (Wildman–Crippen LogP) is 3.45. The van der Waals surface area contributed by atoms with E-state index in [2.05, 4.69) is 54.3 Å². The number of anilines is 1. The van der Waals surface area contributed by atoms with Crippen LogP contribution in [0.3, 0.4) is 0 Å². The smallest absolute Gasteiger partial charge is 0.112 e. The molecule has 1 fully saturated rings. The Morgan fingerprint density at radius 1 is 1.25 bits per heavy atom. The molecule has 4 heteroatoms. The van der Waals surface area contributed by atoms with Gasteiger partial charge in [0, 0.05) is 30.4 Å². The molecule has 2 aromatic rings. The molecule has 4 nitrogen and oxygen atoms in total. The van der Waals surface area contributed by atoms with Crippen LogP contribution in [0.2, 0.25) is 0 Å². The summed E-state index contributed by atoms with van der Waals surface area (Å²) >= 11 is 0. The molecule has 108 valence electrons. The van der Waals surface area contributed by atoms with Crippen molar-refractivity contribution in [3.05, 3.63) is 24.0 Å². The van der Waals surface area contributed by atoms with Gasteiger partial charge in [-0.15, -0.1) is 0 Å². The zero-order valence-corrected chi connectivity index (χ0v) is 12.5. The fourth-order valence-electron chi connectivity index (χ4n) is 2.53. The van der Waals surface area contributed by atoms with Crippen molar-refractivity contribution in [1.82, 2.24) is 9.97 Å². The van der Waals surface area contributed by atoms with Crippen molar-refractivity contribution in [3.63, 3.8) is 0 Å². The summed E-state index contributed by atoms with van der Waals surface area (Å²) in [6, 6.07) is 6.88. The highest BCUT2D eigenvalue weighted by molar-refractivity contribution is 5.79. The third-order valence-corrected chi connectivity index (χ3v) is 3.78. The monoisotopic (exact) mass is 273 g/mol. The maximum atomic E-state index is 5.39. The SMILES string of the molecule is CC(C)(C)c1nc2ccc(NC3CCOCC3)cc2[nH]1. The molecule has 3 rings (SSSR count). The first-order valence-corrected chi connectivity index (χ1v) is 7.37. The molecule has 0 spiro atoms. The van der Waals surface area contributed by atoms with Crippen molar-refractivity contribution >= 4 is 16.7 Å². The first-order chi connectivity index (χ1) is 9.52. The quantitative estimate of drug-likeness (QED) is 0.881. The van der Waals surface area contributed by atoms with E-state index in [1.165, 1.54) is 0 Å². The largest absolute Gasteiger partial charge is 0.382 e. The number of fused-ring (bicyclic) bond motifs is 1. The standard InChI is InChI=1S/C16H23N3O/c1-16(2,3)15-18-13-5-4-12(10-14(13)19-15)17-11-6-8-20-9-7-11/h4-5,10-11,17H,6-9H2,1-3H3,(H,18,19). The fraction of sp³-hybridized carbons (Fsp3) is 0.562. The Balaban J connectivity index is 1.82. The topological polar surface area (TPSA) is 49.9 Å². The molecule has 2 heterocycles. The molecule has 0 aliphatic carbocycles. The Hall–Kier alpha value is -1.55. The number of imidazole rings is 1. The summed E-state index contributed by atoms with van der Waals surface area (Å²) in [6.45, 7) is 8.24. The second-order valence-corrected chi connectivity index (χ2v) is 6.60. The average Bonchev–Trinajstić information content (AvgIpc) is 2.83. The van der Waals surface area contributed by atoms with Crippen LogP contribution in [0.5, 0.6) is 0 Å². The lowest BCUT2D eigenvalue weighted by Crippen LogP contribution is -2.27. The van der Waals surface area contributed by atoms with Gasteiger partial charge in [-0.25, -0.2) is 4.98 Å². The minimum Gasteiger partial charge on any atom is -0.382 e. The van der Waals surface area contributed by atoms with Gasteiger partial charge in [0.25, 0.3) is 0 Å². The van der Waals surface area contributed by atoms with Gasteiger partial charge in [0.05, 0.1) is 11.0 Å². The van der Waals surface area contributed by atoms with Crippen molar-refractivity contribution in [2.24, 2.45) is 0 Å². The Bertz CT molecular complexity index is 591. The van der Waals surface area contributed by atoms with Gasteiger partial charge in [0.15, 0.2) is 0 Å². The minimum absolute atomic E-state index is 0.0489. The van der Waals surface area contributed by atoms with Gasteiger partial charge in [0.2, 0.25) is 0 Å². The Morgan fingerprint density at radius 3 is 2.70 bits per heavy atom. The van der Waals surface area contributed by atoms with Gasteiger partial charge in [-0.05, 0) is 31.0 Å². The van der Waals surface area contributed by atoms with Crippen molar-refractivity contribution in [2.45, 2.75) is 45.1 Å². The van der Waals surface area contributed by atoms with Gasteiger partial charge in [-0.1, -0.05) is 20.8 Å². The summed E-state index contributed by atoms with van der Waals surface area (Å²) in [5.41, 5.74) is 3.35. The van der Waals surface area contributed by atoms with E-state index in [9.17, 15) is 0 Å². The fourth-order valence-corrected chi connectivity index (χ4v) is 2.53. The Kier molecular flexibility index (Phi) is 3.42. The first kappa shape index (κ1) is 13.4. The summed E-state index contributed by atoms with van der Waals surface area (Å²) in [5, 5.41) is 3.59. The summed E-state index contributed by atoms with van der Waals surface area (Å²) < 4.78 is 5.39. The van der Waals surface area contributed by atoms with Crippen LogP contribution in [0.25, 0.3) is 11.0 Å². The van der Waals surface area contributed by atoms with Crippen LogP contribution in [0.15, 0.2) is 18.2 Å². The highest BCUT2D eigenvalue weighted by atomic mass is 16.5. The molecule has 1 aromatic carbocycles.